The van der Waals surface area contributed by atoms with Crippen molar-refractivity contribution in [3.63, 3.8) is 0 Å². The Morgan fingerprint density at radius 2 is 1.61 bits per heavy atom. The van der Waals surface area contributed by atoms with Gasteiger partial charge in [-0.3, -0.25) is 4.79 Å². The summed E-state index contributed by atoms with van der Waals surface area (Å²) in [7, 11) is 1.51. The molecular formula is C26H30N2O5. The molecule has 33 heavy (non-hydrogen) atoms. The van der Waals surface area contributed by atoms with Gasteiger partial charge < -0.3 is 20.1 Å². The van der Waals surface area contributed by atoms with Crippen molar-refractivity contribution in [2.24, 2.45) is 5.41 Å². The number of fused-ring (bicyclic) bond motifs is 3. The Balaban J connectivity index is 1.40. The average molecular weight is 451 g/mol. The lowest BCUT2D eigenvalue weighted by molar-refractivity contribution is -0.152. The predicted octanol–water partition coefficient (Wildman–Crippen LogP) is 4.02. The topological polar surface area (TPSA) is 95.9 Å². The predicted molar refractivity (Wildman–Crippen MR) is 124 cm³/mol. The molecule has 2 aromatic rings. The molecule has 2 aliphatic carbocycles. The minimum Gasteiger partial charge on any atom is -0.480 e. The van der Waals surface area contributed by atoms with Crippen LogP contribution in [0.25, 0.3) is 11.1 Å². The number of hydrogen-bond donors (Lipinski definition) is 2. The highest BCUT2D eigenvalue weighted by molar-refractivity contribution is 5.88. The molecule has 2 amide bonds. The van der Waals surface area contributed by atoms with Gasteiger partial charge in [0, 0.05) is 19.5 Å². The van der Waals surface area contributed by atoms with Crippen molar-refractivity contribution < 1.29 is 24.2 Å². The van der Waals surface area contributed by atoms with Crippen molar-refractivity contribution in [3.05, 3.63) is 59.7 Å². The van der Waals surface area contributed by atoms with Crippen molar-refractivity contribution in [1.82, 2.24) is 10.2 Å². The van der Waals surface area contributed by atoms with E-state index < -0.39 is 23.5 Å². The first kappa shape index (κ1) is 22.8. The summed E-state index contributed by atoms with van der Waals surface area (Å²) < 4.78 is 5.60. The van der Waals surface area contributed by atoms with E-state index in [0.29, 0.717) is 12.8 Å². The van der Waals surface area contributed by atoms with Gasteiger partial charge in [0.15, 0.2) is 0 Å². The quantitative estimate of drug-likeness (QED) is 0.664. The van der Waals surface area contributed by atoms with Crippen LogP contribution >= 0.6 is 0 Å². The van der Waals surface area contributed by atoms with Crippen LogP contribution < -0.4 is 5.32 Å². The van der Waals surface area contributed by atoms with Gasteiger partial charge in [-0.1, -0.05) is 61.4 Å². The number of likely N-dealkylation sites (N-methyl/N-ethyl adjacent to an activating group) is 1. The van der Waals surface area contributed by atoms with Crippen LogP contribution in [-0.2, 0) is 14.3 Å². The van der Waals surface area contributed by atoms with Crippen LogP contribution in [0, 0.1) is 5.41 Å². The lowest BCUT2D eigenvalue weighted by Gasteiger charge is -2.34. The van der Waals surface area contributed by atoms with Crippen molar-refractivity contribution in [2.45, 2.75) is 44.6 Å². The highest BCUT2D eigenvalue weighted by atomic mass is 16.5. The molecule has 2 aliphatic rings. The molecule has 0 radical (unpaired) electrons. The Hall–Kier alpha value is -3.35. The van der Waals surface area contributed by atoms with E-state index >= 15 is 0 Å². The van der Waals surface area contributed by atoms with Crippen LogP contribution in [0.4, 0.5) is 4.79 Å². The molecular weight excluding hydrogens is 420 g/mol. The zero-order chi connectivity index (χ0) is 23.6. The number of ether oxygens (including phenoxy) is 1. The van der Waals surface area contributed by atoms with Crippen LogP contribution in [0.15, 0.2) is 48.5 Å². The molecule has 7 heteroatoms. The largest absolute Gasteiger partial charge is 0.480 e. The summed E-state index contributed by atoms with van der Waals surface area (Å²) in [5.74, 6) is -1.33. The van der Waals surface area contributed by atoms with E-state index in [1.165, 1.54) is 18.9 Å². The minimum absolute atomic E-state index is 0.0345. The number of rotatable bonds is 7. The molecule has 4 rings (SSSR count). The Bertz CT molecular complexity index is 1010. The number of carbonyl (C=O) groups excluding carboxylic acids is 2. The molecule has 174 valence electrons. The van der Waals surface area contributed by atoms with Crippen LogP contribution in [0.2, 0.25) is 0 Å². The van der Waals surface area contributed by atoms with Gasteiger partial charge in [0.1, 0.15) is 12.6 Å². The van der Waals surface area contributed by atoms with Crippen molar-refractivity contribution in [2.75, 3.05) is 20.2 Å². The lowest BCUT2D eigenvalue weighted by Crippen LogP contribution is -2.51. The highest BCUT2D eigenvalue weighted by Crippen LogP contribution is 2.44. The van der Waals surface area contributed by atoms with Crippen molar-refractivity contribution in [1.29, 1.82) is 0 Å². The average Bonchev–Trinajstić information content (AvgIpc) is 3.44. The molecule has 2 aromatic carbocycles. The second kappa shape index (κ2) is 9.25. The van der Waals surface area contributed by atoms with Crippen molar-refractivity contribution in [3.8, 4) is 11.1 Å². The van der Waals surface area contributed by atoms with Gasteiger partial charge in [0.25, 0.3) is 0 Å². The molecule has 0 bridgehead atoms. The molecule has 0 spiro atoms. The maximum atomic E-state index is 13.1. The molecule has 2 N–H and O–H groups in total. The Morgan fingerprint density at radius 1 is 1.06 bits per heavy atom. The number of hydrogen-bond acceptors (Lipinski definition) is 4. The fourth-order valence-electron chi connectivity index (χ4n) is 5.12. The normalized spacial score (nSPS) is 17.0. The molecule has 7 nitrogen and oxygen atoms in total. The van der Waals surface area contributed by atoms with Gasteiger partial charge in [0.05, 0.1) is 5.41 Å². The van der Waals surface area contributed by atoms with Gasteiger partial charge in [-0.25, -0.2) is 9.59 Å². The fraction of sp³-hybridized carbons (Fsp3) is 0.423. The van der Waals surface area contributed by atoms with Gasteiger partial charge in [-0.2, -0.15) is 0 Å². The SMILES string of the molecule is CC(C(=O)O)N(C)C(=O)C1(CNC(=O)OCC2c3ccccc3-c3ccccc32)CCCC1. The summed E-state index contributed by atoms with van der Waals surface area (Å²) in [6, 6.07) is 15.3. The van der Waals surface area contributed by atoms with Crippen LogP contribution in [0.5, 0.6) is 0 Å². The van der Waals surface area contributed by atoms with Crippen LogP contribution in [-0.4, -0.2) is 54.2 Å². The second-order valence-corrected chi connectivity index (χ2v) is 9.10. The summed E-state index contributed by atoms with van der Waals surface area (Å²) in [5, 5.41) is 12.1. The van der Waals surface area contributed by atoms with Gasteiger partial charge in [-0.05, 0) is 42.0 Å². The number of nitrogens with one attached hydrogen (secondary N) is 1. The Morgan fingerprint density at radius 3 is 2.15 bits per heavy atom. The smallest absolute Gasteiger partial charge is 0.407 e. The number of benzene rings is 2. The molecule has 0 heterocycles. The zero-order valence-corrected chi connectivity index (χ0v) is 19.0. The monoisotopic (exact) mass is 450 g/mol. The summed E-state index contributed by atoms with van der Waals surface area (Å²) in [6.07, 6.45) is 2.41. The highest BCUT2D eigenvalue weighted by Gasteiger charge is 2.44. The molecule has 1 unspecified atom stereocenters. The van der Waals surface area contributed by atoms with E-state index in [1.54, 1.807) is 0 Å². The first-order valence-corrected chi connectivity index (χ1v) is 11.4. The first-order valence-electron chi connectivity index (χ1n) is 11.4. The van der Waals surface area contributed by atoms with Gasteiger partial charge in [0.2, 0.25) is 5.91 Å². The van der Waals surface area contributed by atoms with E-state index in [0.717, 1.165) is 35.1 Å². The summed E-state index contributed by atoms with van der Waals surface area (Å²) >= 11 is 0. The van der Waals surface area contributed by atoms with E-state index in [1.807, 2.05) is 24.3 Å². The third-order valence-electron chi connectivity index (χ3n) is 7.19. The van der Waals surface area contributed by atoms with E-state index in [9.17, 15) is 19.5 Å². The summed E-state index contributed by atoms with van der Waals surface area (Å²) in [6.45, 7) is 1.83. The van der Waals surface area contributed by atoms with E-state index in [2.05, 4.69) is 29.6 Å². The second-order valence-electron chi connectivity index (χ2n) is 9.10. The Kier molecular flexibility index (Phi) is 6.40. The number of carboxylic acid groups (broad SMARTS) is 1. The molecule has 0 aromatic heterocycles. The molecule has 1 saturated carbocycles. The Labute approximate surface area is 193 Å². The standard InChI is InChI=1S/C26H30N2O5/c1-17(23(29)30)28(2)24(31)26(13-7-8-14-26)16-27-25(32)33-15-22-20-11-5-3-9-18(20)19-10-4-6-12-21(19)22/h3-6,9-12,17,22H,7-8,13-16H2,1-2H3,(H,27,32)(H,29,30). The molecule has 1 atom stereocenters. The summed E-state index contributed by atoms with van der Waals surface area (Å²) in [4.78, 5) is 38.3. The lowest BCUT2D eigenvalue weighted by atomic mass is 9.84. The van der Waals surface area contributed by atoms with E-state index in [4.69, 9.17) is 4.74 Å². The third-order valence-corrected chi connectivity index (χ3v) is 7.19. The van der Waals surface area contributed by atoms with Crippen LogP contribution in [0.1, 0.15) is 49.7 Å². The maximum absolute atomic E-state index is 13.1. The fourth-order valence-corrected chi connectivity index (χ4v) is 5.12. The third kappa shape index (κ3) is 4.32. The first-order chi connectivity index (χ1) is 15.8. The van der Waals surface area contributed by atoms with E-state index in [-0.39, 0.29) is 25.0 Å². The maximum Gasteiger partial charge on any atom is 0.407 e. The number of amides is 2. The molecule has 0 aliphatic heterocycles. The number of nitrogens with zero attached hydrogens (tertiary/aromatic N) is 1. The van der Waals surface area contributed by atoms with Gasteiger partial charge in [-0.15, -0.1) is 0 Å². The number of aliphatic carboxylic acids is 1. The summed E-state index contributed by atoms with van der Waals surface area (Å²) in [5.41, 5.74) is 3.81. The van der Waals surface area contributed by atoms with Crippen LogP contribution in [0.3, 0.4) is 0 Å². The van der Waals surface area contributed by atoms with Gasteiger partial charge >= 0.3 is 12.1 Å². The molecule has 1 fully saturated rings. The van der Waals surface area contributed by atoms with Crippen molar-refractivity contribution >= 4 is 18.0 Å². The number of carboxylic acids is 1. The zero-order valence-electron chi connectivity index (χ0n) is 19.0. The minimum atomic E-state index is -1.05. The number of carbonyl (C=O) groups is 3. The molecule has 0 saturated heterocycles. The number of alkyl carbamates (subject to hydrolysis) is 1.